The van der Waals surface area contributed by atoms with Gasteiger partial charge in [0, 0.05) is 0 Å². The molecule has 0 aliphatic carbocycles. The van der Waals surface area contributed by atoms with Crippen LogP contribution in [0.4, 0.5) is 0 Å². The molecule has 20 heavy (non-hydrogen) atoms. The molecule has 3 heteroatoms. The molecular formula is C17H15BO2. The van der Waals surface area contributed by atoms with Gasteiger partial charge in [0.05, 0.1) is 10.8 Å². The maximum atomic E-state index is 12.6. The van der Waals surface area contributed by atoms with Crippen LogP contribution in [0.5, 0.6) is 0 Å². The van der Waals surface area contributed by atoms with Crippen molar-refractivity contribution in [2.24, 2.45) is 0 Å². The lowest BCUT2D eigenvalue weighted by atomic mass is 9.86. The maximum Gasteiger partial charge on any atom is 0.200 e. The second-order valence-electron chi connectivity index (χ2n) is 6.15. The number of hydrogen-bond acceptors (Lipinski definition) is 2. The molecule has 1 aromatic heterocycles. The van der Waals surface area contributed by atoms with Crippen LogP contribution in [-0.4, -0.2) is 7.85 Å². The van der Waals surface area contributed by atoms with E-state index in [0.717, 1.165) is 5.56 Å². The zero-order valence-electron chi connectivity index (χ0n) is 11.9. The molecule has 0 fully saturated rings. The number of rotatable bonds is 0. The molecule has 0 aliphatic rings. The third-order valence-corrected chi connectivity index (χ3v) is 3.56. The lowest BCUT2D eigenvalue weighted by molar-refractivity contribution is 0.590. The van der Waals surface area contributed by atoms with Crippen molar-refractivity contribution in [3.63, 3.8) is 0 Å². The monoisotopic (exact) mass is 262 g/mol. The van der Waals surface area contributed by atoms with Gasteiger partial charge in [-0.25, -0.2) is 0 Å². The minimum absolute atomic E-state index is 0.00863. The van der Waals surface area contributed by atoms with Gasteiger partial charge in [0.15, 0.2) is 0 Å². The number of fused-ring (bicyclic) bond motifs is 2. The van der Waals surface area contributed by atoms with Crippen LogP contribution in [-0.2, 0) is 5.41 Å². The first kappa shape index (κ1) is 13.0. The van der Waals surface area contributed by atoms with Crippen LogP contribution < -0.4 is 10.9 Å². The van der Waals surface area contributed by atoms with E-state index >= 15 is 0 Å². The largest absolute Gasteiger partial charge is 0.456 e. The summed E-state index contributed by atoms with van der Waals surface area (Å²) in [5.41, 5.74) is 2.82. The average molecular weight is 262 g/mol. The molecule has 0 spiro atoms. The minimum atomic E-state index is -0.0281. The molecule has 2 radical (unpaired) electrons. The summed E-state index contributed by atoms with van der Waals surface area (Å²) in [6, 6.07) is 10.9. The van der Waals surface area contributed by atoms with Gasteiger partial charge >= 0.3 is 0 Å². The van der Waals surface area contributed by atoms with Gasteiger partial charge in [-0.05, 0) is 29.2 Å². The Morgan fingerprint density at radius 2 is 1.55 bits per heavy atom. The van der Waals surface area contributed by atoms with E-state index in [1.54, 1.807) is 18.2 Å². The van der Waals surface area contributed by atoms with E-state index in [9.17, 15) is 4.79 Å². The molecule has 0 saturated heterocycles. The number of benzene rings is 2. The summed E-state index contributed by atoms with van der Waals surface area (Å²) in [6.07, 6.45) is 0. The summed E-state index contributed by atoms with van der Waals surface area (Å²) in [5.74, 6) is 0. The third-order valence-electron chi connectivity index (χ3n) is 3.56. The highest BCUT2D eigenvalue weighted by atomic mass is 16.3. The normalized spacial score (nSPS) is 12.2. The van der Waals surface area contributed by atoms with Crippen LogP contribution in [0.25, 0.3) is 21.9 Å². The Labute approximate surface area is 118 Å². The molecule has 0 saturated carbocycles. The molecular weight excluding hydrogens is 247 g/mol. The standard InChI is InChI=1S/C17H15BO2/c1-17(2,3)10-4-6-14-12(8-10)16(19)13-9-11(18)5-7-15(13)20-14/h4-9H,1-3H3. The first-order chi connectivity index (χ1) is 9.36. The SMILES string of the molecule is [B]c1ccc2oc3ccc(C(C)(C)C)cc3c(=O)c2c1. The fraction of sp³-hybridized carbons (Fsp3) is 0.235. The van der Waals surface area contributed by atoms with Gasteiger partial charge in [-0.1, -0.05) is 44.4 Å². The highest BCUT2D eigenvalue weighted by Gasteiger charge is 2.16. The quantitative estimate of drug-likeness (QED) is 0.460. The van der Waals surface area contributed by atoms with Gasteiger partial charge < -0.3 is 4.42 Å². The highest BCUT2D eigenvalue weighted by Crippen LogP contribution is 2.26. The molecule has 98 valence electrons. The van der Waals surface area contributed by atoms with Gasteiger partial charge in [-0.15, -0.1) is 0 Å². The Morgan fingerprint density at radius 1 is 0.950 bits per heavy atom. The van der Waals surface area contributed by atoms with Crippen molar-refractivity contribution >= 4 is 35.2 Å². The third kappa shape index (κ3) is 2.03. The fourth-order valence-corrected chi connectivity index (χ4v) is 2.34. The van der Waals surface area contributed by atoms with E-state index in [1.807, 2.05) is 18.2 Å². The smallest absolute Gasteiger partial charge is 0.200 e. The van der Waals surface area contributed by atoms with Crippen molar-refractivity contribution in [2.45, 2.75) is 26.2 Å². The van der Waals surface area contributed by atoms with E-state index in [2.05, 4.69) is 20.8 Å². The summed E-state index contributed by atoms with van der Waals surface area (Å²) in [4.78, 5) is 12.6. The second-order valence-corrected chi connectivity index (χ2v) is 6.15. The molecule has 0 unspecified atom stereocenters. The lowest BCUT2D eigenvalue weighted by Gasteiger charge is -2.19. The Bertz CT molecular complexity index is 870. The van der Waals surface area contributed by atoms with E-state index in [-0.39, 0.29) is 10.8 Å². The first-order valence-electron chi connectivity index (χ1n) is 6.63. The summed E-state index contributed by atoms with van der Waals surface area (Å²) >= 11 is 0. The van der Waals surface area contributed by atoms with Crippen molar-refractivity contribution in [1.29, 1.82) is 0 Å². The molecule has 0 bridgehead atoms. The van der Waals surface area contributed by atoms with Crippen LogP contribution in [0.15, 0.2) is 45.6 Å². The molecule has 3 rings (SSSR count). The molecule has 3 aromatic rings. The van der Waals surface area contributed by atoms with Crippen molar-refractivity contribution in [2.75, 3.05) is 0 Å². The van der Waals surface area contributed by atoms with Crippen molar-refractivity contribution in [1.82, 2.24) is 0 Å². The average Bonchev–Trinajstić information content (AvgIpc) is 2.38. The van der Waals surface area contributed by atoms with Crippen LogP contribution in [0.2, 0.25) is 0 Å². The minimum Gasteiger partial charge on any atom is -0.456 e. The second kappa shape index (κ2) is 4.24. The van der Waals surface area contributed by atoms with Gasteiger partial charge in [0.1, 0.15) is 19.0 Å². The van der Waals surface area contributed by atoms with Gasteiger partial charge in [-0.2, -0.15) is 0 Å². The predicted molar refractivity (Wildman–Crippen MR) is 84.1 cm³/mol. The first-order valence-corrected chi connectivity index (χ1v) is 6.63. The van der Waals surface area contributed by atoms with E-state index in [1.165, 1.54) is 0 Å². The van der Waals surface area contributed by atoms with E-state index in [0.29, 0.717) is 27.4 Å². The lowest BCUT2D eigenvalue weighted by Crippen LogP contribution is -2.13. The predicted octanol–water partition coefficient (Wildman–Crippen LogP) is 3.04. The summed E-state index contributed by atoms with van der Waals surface area (Å²) in [7, 11) is 5.76. The molecule has 0 amide bonds. The molecule has 2 nitrogen and oxygen atoms in total. The Morgan fingerprint density at radius 3 is 2.20 bits per heavy atom. The Balaban J connectivity index is 2.43. The zero-order valence-corrected chi connectivity index (χ0v) is 11.9. The van der Waals surface area contributed by atoms with Gasteiger partial charge in [0.2, 0.25) is 5.43 Å². The van der Waals surface area contributed by atoms with Crippen molar-refractivity contribution in [3.8, 4) is 0 Å². The Kier molecular flexibility index (Phi) is 2.75. The highest BCUT2D eigenvalue weighted by molar-refractivity contribution is 6.33. The van der Waals surface area contributed by atoms with Crippen LogP contribution in [0.1, 0.15) is 26.3 Å². The Hall–Kier alpha value is -2.03. The van der Waals surface area contributed by atoms with Crippen LogP contribution >= 0.6 is 0 Å². The van der Waals surface area contributed by atoms with E-state index in [4.69, 9.17) is 12.3 Å². The molecule has 0 N–H and O–H groups in total. The van der Waals surface area contributed by atoms with E-state index < -0.39 is 0 Å². The molecule has 0 aliphatic heterocycles. The van der Waals surface area contributed by atoms with Crippen molar-refractivity contribution in [3.05, 3.63) is 52.2 Å². The van der Waals surface area contributed by atoms with Gasteiger partial charge in [-0.3, -0.25) is 4.79 Å². The summed E-state index contributed by atoms with van der Waals surface area (Å²) in [6.45, 7) is 6.36. The molecule has 1 heterocycles. The van der Waals surface area contributed by atoms with Crippen LogP contribution in [0.3, 0.4) is 0 Å². The van der Waals surface area contributed by atoms with Gasteiger partial charge in [0.25, 0.3) is 0 Å². The number of hydrogen-bond donors (Lipinski definition) is 0. The summed E-state index contributed by atoms with van der Waals surface area (Å²) < 4.78 is 5.79. The zero-order chi connectivity index (χ0) is 14.5. The van der Waals surface area contributed by atoms with Crippen LogP contribution in [0, 0.1) is 0 Å². The molecule has 0 atom stereocenters. The van der Waals surface area contributed by atoms with Crippen molar-refractivity contribution < 1.29 is 4.42 Å². The molecule has 2 aromatic carbocycles. The maximum absolute atomic E-state index is 12.6. The topological polar surface area (TPSA) is 30.2 Å². The summed E-state index contributed by atoms with van der Waals surface area (Å²) in [5, 5.41) is 1.14. The fourth-order valence-electron chi connectivity index (χ4n) is 2.34.